The predicted molar refractivity (Wildman–Crippen MR) is 61.3 cm³/mol. The summed E-state index contributed by atoms with van der Waals surface area (Å²) in [7, 11) is 3.48. The summed E-state index contributed by atoms with van der Waals surface area (Å²) in [6.07, 6.45) is 0. The van der Waals surface area contributed by atoms with Gasteiger partial charge in [0.05, 0.1) is 0 Å². The van der Waals surface area contributed by atoms with Crippen molar-refractivity contribution in [3.8, 4) is 0 Å². The maximum Gasteiger partial charge on any atom is 0.0292 e. The Morgan fingerprint density at radius 3 is 2.50 bits per heavy atom. The van der Waals surface area contributed by atoms with Gasteiger partial charge in [0.1, 0.15) is 0 Å². The van der Waals surface area contributed by atoms with Gasteiger partial charge in [-0.05, 0) is 62.9 Å². The van der Waals surface area contributed by atoms with E-state index in [2.05, 4.69) is 73.6 Å². The van der Waals surface area contributed by atoms with Crippen LogP contribution < -0.4 is 0 Å². The molecule has 0 atom stereocenters. The van der Waals surface area contributed by atoms with Crippen molar-refractivity contribution in [3.63, 3.8) is 0 Å². The Bertz CT molecular complexity index is 235. The number of rotatable bonds is 1. The smallest absolute Gasteiger partial charge is 0.0292 e. The molecular weight excluding hydrogens is 366 g/mol. The largest absolute Gasteiger partial charge is 0.0609 e. The summed E-state index contributed by atoms with van der Waals surface area (Å²) in [5, 5.41) is 0. The van der Waals surface area contributed by atoms with Gasteiger partial charge < -0.3 is 0 Å². The highest BCUT2D eigenvalue weighted by molar-refractivity contribution is 14.1. The quantitative estimate of drug-likeness (QED) is 0.526. The van der Waals surface area contributed by atoms with E-state index in [-0.39, 0.29) is 0 Å². The van der Waals surface area contributed by atoms with Gasteiger partial charge in [0.2, 0.25) is 0 Å². The topological polar surface area (TPSA) is 0 Å². The first-order chi connectivity index (χ1) is 4.75. The molecule has 0 aliphatic heterocycles. The van der Waals surface area contributed by atoms with Crippen LogP contribution in [-0.4, -0.2) is 10.2 Å². The molecule has 0 aliphatic carbocycles. The van der Waals surface area contributed by atoms with Crippen LogP contribution in [0.1, 0.15) is 5.56 Å². The van der Waals surface area contributed by atoms with E-state index in [1.807, 2.05) is 0 Å². The van der Waals surface area contributed by atoms with Gasteiger partial charge in [-0.1, -0.05) is 12.1 Å². The lowest BCUT2D eigenvalue weighted by atomic mass is 10.2. The van der Waals surface area contributed by atoms with E-state index in [1.165, 1.54) is 12.7 Å². The molecule has 0 bridgehead atoms. The molecule has 3 heteroatoms. The first-order valence-corrected chi connectivity index (χ1v) is 5.69. The number of hydrogen-bond acceptors (Lipinski definition) is 0. The lowest BCUT2D eigenvalue weighted by Gasteiger charge is -2.01. The number of hydrogen-bond donors (Lipinski definition) is 0. The van der Waals surface area contributed by atoms with Gasteiger partial charge >= 0.3 is 0 Å². The molecule has 0 N–H and O–H groups in total. The number of benzene rings is 1. The van der Waals surface area contributed by atoms with Crippen molar-refractivity contribution in [3.05, 3.63) is 30.9 Å². The molecule has 0 amide bonds. The first-order valence-electron chi connectivity index (χ1n) is 2.83. The van der Waals surface area contributed by atoms with Crippen LogP contribution in [0.2, 0.25) is 0 Å². The third-order valence-corrected chi connectivity index (χ3v) is 4.81. The molecule has 0 saturated heterocycles. The van der Waals surface area contributed by atoms with Gasteiger partial charge in [0.15, 0.2) is 0 Å². The average molecular weight is 371 g/mol. The molecular formula is C7H5I2Si. The minimum absolute atomic E-state index is 0.940. The second-order valence-corrected chi connectivity index (χ2v) is 4.48. The van der Waals surface area contributed by atoms with Gasteiger partial charge in [-0.3, -0.25) is 0 Å². The molecule has 0 saturated carbocycles. The predicted octanol–water partition coefficient (Wildman–Crippen LogP) is 2.56. The van der Waals surface area contributed by atoms with Crippen LogP contribution >= 0.6 is 45.2 Å². The maximum atomic E-state index is 3.48. The fourth-order valence-corrected chi connectivity index (χ4v) is 2.44. The molecule has 0 nitrogen and oxygen atoms in total. The Balaban J connectivity index is 3.14. The molecule has 51 valence electrons. The van der Waals surface area contributed by atoms with Crippen molar-refractivity contribution in [2.24, 2.45) is 0 Å². The fraction of sp³-hybridized carbons (Fsp3) is 0.143. The molecule has 10 heavy (non-hydrogen) atoms. The normalized spacial score (nSPS) is 9.90. The average Bonchev–Trinajstić information content (AvgIpc) is 1.95. The van der Waals surface area contributed by atoms with E-state index < -0.39 is 0 Å². The van der Waals surface area contributed by atoms with E-state index in [9.17, 15) is 0 Å². The zero-order valence-electron chi connectivity index (χ0n) is 5.20. The summed E-state index contributed by atoms with van der Waals surface area (Å²) < 4.78 is 2.68. The number of halogens is 2. The summed E-state index contributed by atoms with van der Waals surface area (Å²) >= 11 is 4.71. The highest BCUT2D eigenvalue weighted by Gasteiger charge is 1.98. The van der Waals surface area contributed by atoms with E-state index in [1.54, 1.807) is 0 Å². The fourth-order valence-electron chi connectivity index (χ4n) is 0.685. The highest BCUT2D eigenvalue weighted by Crippen LogP contribution is 2.18. The molecule has 0 unspecified atom stereocenters. The van der Waals surface area contributed by atoms with E-state index in [4.69, 9.17) is 0 Å². The summed E-state index contributed by atoms with van der Waals surface area (Å²) in [6, 6.07) is 7.28. The zero-order valence-corrected chi connectivity index (χ0v) is 10.5. The maximum absolute atomic E-state index is 3.48. The third kappa shape index (κ3) is 1.94. The van der Waals surface area contributed by atoms with Gasteiger partial charge in [-0.15, -0.1) is 0 Å². The molecule has 0 spiro atoms. The minimum atomic E-state index is 0.940. The van der Waals surface area contributed by atoms with Gasteiger partial charge in [0, 0.05) is 17.4 Å². The van der Waals surface area contributed by atoms with E-state index >= 15 is 0 Å². The lowest BCUT2D eigenvalue weighted by molar-refractivity contribution is 1.35. The van der Waals surface area contributed by atoms with Crippen molar-refractivity contribution in [1.82, 2.24) is 0 Å². The summed E-state index contributed by atoms with van der Waals surface area (Å²) in [4.78, 5) is 0. The highest BCUT2D eigenvalue weighted by atomic mass is 127. The first kappa shape index (κ1) is 8.99. The molecule has 0 fully saturated rings. The van der Waals surface area contributed by atoms with Crippen molar-refractivity contribution >= 4 is 55.4 Å². The van der Waals surface area contributed by atoms with Crippen molar-refractivity contribution in [2.75, 3.05) is 0 Å². The molecule has 1 rings (SSSR count). The summed E-state index contributed by atoms with van der Waals surface area (Å²) in [5.74, 6) is 0. The summed E-state index contributed by atoms with van der Waals surface area (Å²) in [5.41, 5.74) is 1.36. The standard InChI is InChI=1S/C7H5I2Si/c8-6-3-1-2-5(4-10)7(6)9/h1-3H,4H2. The Morgan fingerprint density at radius 2 is 2.00 bits per heavy atom. The van der Waals surface area contributed by atoms with Crippen molar-refractivity contribution < 1.29 is 0 Å². The Hall–Kier alpha value is 0.897. The van der Waals surface area contributed by atoms with Crippen LogP contribution in [0.3, 0.4) is 0 Å². The molecule has 0 aromatic heterocycles. The van der Waals surface area contributed by atoms with Gasteiger partial charge in [-0.25, -0.2) is 0 Å². The van der Waals surface area contributed by atoms with Gasteiger partial charge in [-0.2, -0.15) is 0 Å². The monoisotopic (exact) mass is 371 g/mol. The van der Waals surface area contributed by atoms with Crippen LogP contribution in [0.25, 0.3) is 0 Å². The van der Waals surface area contributed by atoms with Crippen LogP contribution in [0.4, 0.5) is 0 Å². The van der Waals surface area contributed by atoms with Crippen molar-refractivity contribution in [1.29, 1.82) is 0 Å². The van der Waals surface area contributed by atoms with Crippen LogP contribution in [0.5, 0.6) is 0 Å². The Morgan fingerprint density at radius 1 is 1.30 bits per heavy atom. The van der Waals surface area contributed by atoms with E-state index in [0.29, 0.717) is 0 Å². The van der Waals surface area contributed by atoms with Crippen molar-refractivity contribution in [2.45, 2.75) is 6.04 Å². The molecule has 1 aromatic rings. The van der Waals surface area contributed by atoms with Gasteiger partial charge in [0.25, 0.3) is 0 Å². The molecule has 3 radical (unpaired) electrons. The second kappa shape index (κ2) is 4.06. The molecule has 0 heterocycles. The Kier molecular flexibility index (Phi) is 3.65. The zero-order chi connectivity index (χ0) is 7.56. The Labute approximate surface area is 91.5 Å². The summed E-state index contributed by atoms with van der Waals surface area (Å²) in [6.45, 7) is 0. The van der Waals surface area contributed by atoms with Crippen LogP contribution in [0, 0.1) is 7.14 Å². The molecule has 1 aromatic carbocycles. The second-order valence-electron chi connectivity index (χ2n) is 1.89. The third-order valence-electron chi connectivity index (χ3n) is 1.22. The molecule has 0 aliphatic rings. The minimum Gasteiger partial charge on any atom is -0.0609 e. The lowest BCUT2D eigenvalue weighted by Crippen LogP contribution is -1.90. The van der Waals surface area contributed by atoms with Crippen LogP contribution in [-0.2, 0) is 6.04 Å². The SMILES string of the molecule is [Si]Cc1cccc(I)c1I. The van der Waals surface area contributed by atoms with Crippen LogP contribution in [0.15, 0.2) is 18.2 Å². The van der Waals surface area contributed by atoms with E-state index in [0.717, 1.165) is 6.04 Å².